The number of carbonyl (C=O) groups is 3. The molecule has 49 heavy (non-hydrogen) atoms. The van der Waals surface area contributed by atoms with Crippen molar-refractivity contribution in [3.05, 3.63) is 47.4 Å². The predicted molar refractivity (Wildman–Crippen MR) is 187 cm³/mol. The number of nitrogens with zero attached hydrogens (tertiary/aromatic N) is 5. The third-order valence-corrected chi connectivity index (χ3v) is 7.87. The number of nitrogens with one attached hydrogen (secondary N) is 2. The fourth-order valence-electron chi connectivity index (χ4n) is 5.47. The molecule has 12 nitrogen and oxygen atoms in total. The Morgan fingerprint density at radius 2 is 1.78 bits per heavy atom. The number of carbonyl (C=O) groups excluding carboxylic acids is 3. The van der Waals surface area contributed by atoms with Gasteiger partial charge >= 0.3 is 12.2 Å². The van der Waals surface area contributed by atoms with Crippen molar-refractivity contribution >= 4 is 41.1 Å². The first-order chi connectivity index (χ1) is 22.8. The van der Waals surface area contributed by atoms with Crippen LogP contribution in [0.5, 0.6) is 0 Å². The van der Waals surface area contributed by atoms with Gasteiger partial charge in [0.05, 0.1) is 12.7 Å². The zero-order chi connectivity index (χ0) is 36.3. The molecule has 0 radical (unpaired) electrons. The number of piperidine rings is 1. The van der Waals surface area contributed by atoms with Crippen molar-refractivity contribution in [1.29, 1.82) is 0 Å². The monoisotopic (exact) mass is 677 g/mol. The van der Waals surface area contributed by atoms with Gasteiger partial charge in [0.25, 0.3) is 5.91 Å². The van der Waals surface area contributed by atoms with Crippen molar-refractivity contribution in [1.82, 2.24) is 19.5 Å². The predicted octanol–water partition coefficient (Wildman–Crippen LogP) is 6.92. The minimum absolute atomic E-state index is 0.123. The number of anilines is 3. The molecule has 13 heteroatoms. The molecule has 0 aliphatic carbocycles. The van der Waals surface area contributed by atoms with Crippen LogP contribution in [0.25, 0.3) is 5.65 Å². The Bertz CT molecular complexity index is 1780. The fraction of sp³-hybridized carbons (Fsp3) is 0.528. The molecule has 2 N–H and O–H groups in total. The molecule has 2 aromatic heterocycles. The number of hydrogen-bond acceptors (Lipinski definition) is 8. The summed E-state index contributed by atoms with van der Waals surface area (Å²) < 4.78 is 28.4. The van der Waals surface area contributed by atoms with Gasteiger partial charge in [0.2, 0.25) is 0 Å². The van der Waals surface area contributed by atoms with Gasteiger partial charge in [-0.3, -0.25) is 9.69 Å². The fourth-order valence-corrected chi connectivity index (χ4v) is 5.47. The average molecular weight is 678 g/mol. The van der Waals surface area contributed by atoms with Crippen LogP contribution in [0.2, 0.25) is 0 Å². The second-order valence-electron chi connectivity index (χ2n) is 14.7. The van der Waals surface area contributed by atoms with E-state index >= 15 is 4.39 Å². The zero-order valence-corrected chi connectivity index (χ0v) is 30.2. The summed E-state index contributed by atoms with van der Waals surface area (Å²) in [5.74, 6) is 4.53. The Morgan fingerprint density at radius 1 is 1.08 bits per heavy atom. The minimum atomic E-state index is -0.867. The highest BCUT2D eigenvalue weighted by Gasteiger charge is 2.40. The maximum atomic E-state index is 15.4. The Hall–Kier alpha value is -4.86. The van der Waals surface area contributed by atoms with Crippen LogP contribution in [0.3, 0.4) is 0 Å². The molecule has 264 valence electrons. The van der Waals surface area contributed by atoms with Crippen molar-refractivity contribution in [3.8, 4) is 11.8 Å². The lowest BCUT2D eigenvalue weighted by molar-refractivity contribution is -0.111. The third-order valence-electron chi connectivity index (χ3n) is 7.87. The van der Waals surface area contributed by atoms with Crippen LogP contribution in [0.1, 0.15) is 93.2 Å². The molecule has 0 saturated carbocycles. The van der Waals surface area contributed by atoms with Gasteiger partial charge in [-0.1, -0.05) is 12.8 Å². The Labute approximate surface area is 287 Å². The van der Waals surface area contributed by atoms with E-state index in [0.29, 0.717) is 36.5 Å². The van der Waals surface area contributed by atoms with Crippen LogP contribution < -0.4 is 15.5 Å². The number of hydrogen-bond donors (Lipinski definition) is 2. The number of rotatable bonds is 7. The summed E-state index contributed by atoms with van der Waals surface area (Å²) in [7, 11) is 0. The Morgan fingerprint density at radius 3 is 2.41 bits per heavy atom. The van der Waals surface area contributed by atoms with Gasteiger partial charge in [0, 0.05) is 41.0 Å². The number of benzene rings is 1. The Kier molecular flexibility index (Phi) is 10.8. The minimum Gasteiger partial charge on any atom is -0.444 e. The van der Waals surface area contributed by atoms with Crippen LogP contribution in [0, 0.1) is 17.7 Å². The lowest BCUT2D eigenvalue weighted by Gasteiger charge is -2.45. The lowest BCUT2D eigenvalue weighted by Crippen LogP contribution is -2.57. The van der Waals surface area contributed by atoms with Crippen LogP contribution in [0.15, 0.2) is 30.5 Å². The number of amides is 3. The molecular weight excluding hydrogens is 629 g/mol. The summed E-state index contributed by atoms with van der Waals surface area (Å²) in [5, 5.41) is 10.7. The number of aryl methyl sites for hydroxylation is 1. The Balaban J connectivity index is 1.77. The van der Waals surface area contributed by atoms with E-state index in [1.54, 1.807) is 37.9 Å². The summed E-state index contributed by atoms with van der Waals surface area (Å²) in [6.45, 7) is 18.4. The van der Waals surface area contributed by atoms with E-state index in [2.05, 4.69) is 27.6 Å². The smallest absolute Gasteiger partial charge is 0.416 e. The maximum Gasteiger partial charge on any atom is 0.416 e. The molecule has 3 amide bonds. The van der Waals surface area contributed by atoms with Gasteiger partial charge in [0.15, 0.2) is 5.65 Å². The van der Waals surface area contributed by atoms with E-state index in [9.17, 15) is 14.4 Å². The van der Waals surface area contributed by atoms with E-state index in [0.717, 1.165) is 12.0 Å². The van der Waals surface area contributed by atoms with Gasteiger partial charge in [0.1, 0.15) is 28.7 Å². The van der Waals surface area contributed by atoms with Gasteiger partial charge in [-0.05, 0) is 106 Å². The van der Waals surface area contributed by atoms with Crippen molar-refractivity contribution in [2.75, 3.05) is 22.1 Å². The van der Waals surface area contributed by atoms with Crippen molar-refractivity contribution in [3.63, 3.8) is 0 Å². The number of aromatic nitrogens is 3. The summed E-state index contributed by atoms with van der Waals surface area (Å²) in [5.41, 5.74) is -0.145. The normalized spacial score (nSPS) is 16.0. The van der Waals surface area contributed by atoms with Gasteiger partial charge in [-0.15, -0.1) is 0 Å². The van der Waals surface area contributed by atoms with E-state index in [1.807, 2.05) is 41.5 Å². The molecule has 1 saturated heterocycles. The summed E-state index contributed by atoms with van der Waals surface area (Å²) in [4.78, 5) is 47.2. The quantitative estimate of drug-likeness (QED) is 0.258. The topological polar surface area (TPSA) is 130 Å². The number of ether oxygens (including phenoxy) is 2. The van der Waals surface area contributed by atoms with Crippen molar-refractivity contribution < 1.29 is 28.2 Å². The highest BCUT2D eigenvalue weighted by Crippen LogP contribution is 2.32. The molecule has 1 aliphatic rings. The first-order valence-electron chi connectivity index (χ1n) is 16.5. The number of halogens is 1. The second kappa shape index (κ2) is 14.3. The maximum absolute atomic E-state index is 15.4. The highest BCUT2D eigenvalue weighted by molar-refractivity contribution is 6.04. The first kappa shape index (κ1) is 37.0. The lowest BCUT2D eigenvalue weighted by atomic mass is 9.88. The van der Waals surface area contributed by atoms with Crippen LogP contribution in [-0.4, -0.2) is 66.9 Å². The number of likely N-dealkylation sites (tertiary alicyclic amines) is 1. The van der Waals surface area contributed by atoms with Gasteiger partial charge in [-0.25, -0.2) is 19.0 Å². The SMILES string of the molecule is CC#CC(=O)Nc1ccc(F)c(CN(C(=O)OC(C)(C)C)c2cc(N[C@H]3CCC(C)(C)N(C(=O)OC(C)(C)C)C3)nc3c(CC)cnn23)c1. The molecule has 1 aliphatic heterocycles. The molecule has 3 heterocycles. The number of fused-ring (bicyclic) bond motifs is 1. The van der Waals surface area contributed by atoms with Crippen LogP contribution in [-0.2, 0) is 27.2 Å². The van der Waals surface area contributed by atoms with Gasteiger partial charge < -0.3 is 25.0 Å². The first-order valence-corrected chi connectivity index (χ1v) is 16.5. The van der Waals surface area contributed by atoms with Gasteiger partial charge in [-0.2, -0.15) is 9.61 Å². The van der Waals surface area contributed by atoms with Crippen molar-refractivity contribution in [2.45, 2.75) is 118 Å². The standard InChI is InChI=1S/C36H48FN7O5/c1-11-13-29(45)40-25-14-15-27(37)24(18-25)21-42(32(46)48-34(3,4)5)30-19-28(41-31-23(12-2)20-38-44(30)31)39-26-16-17-36(9,10)43(22-26)33(47)49-35(6,7)8/h14-15,18-20,26H,12,16-17,21-22H2,1-10H3,(H,39,41)(H,40,45)/t26-/m0/s1. The highest BCUT2D eigenvalue weighted by atomic mass is 19.1. The van der Waals surface area contributed by atoms with Crippen LogP contribution in [0.4, 0.5) is 31.3 Å². The summed E-state index contributed by atoms with van der Waals surface area (Å²) >= 11 is 0. The molecule has 3 aromatic rings. The molecular formula is C36H48FN7O5. The molecule has 0 unspecified atom stereocenters. The zero-order valence-electron chi connectivity index (χ0n) is 30.2. The van der Waals surface area contributed by atoms with E-state index < -0.39 is 40.7 Å². The molecule has 1 aromatic carbocycles. The largest absolute Gasteiger partial charge is 0.444 e. The molecule has 4 rings (SSSR count). The molecule has 1 fully saturated rings. The van der Waals surface area contributed by atoms with Crippen molar-refractivity contribution in [2.24, 2.45) is 0 Å². The summed E-state index contributed by atoms with van der Waals surface area (Å²) in [6, 6.07) is 5.58. The molecule has 1 atom stereocenters. The second-order valence-corrected chi connectivity index (χ2v) is 14.7. The van der Waals surface area contributed by atoms with E-state index in [4.69, 9.17) is 14.5 Å². The molecule has 0 bridgehead atoms. The van der Waals surface area contributed by atoms with E-state index in [1.165, 1.54) is 34.5 Å². The van der Waals surface area contributed by atoms with E-state index in [-0.39, 0.29) is 24.0 Å². The van der Waals surface area contributed by atoms with Crippen LogP contribution >= 0.6 is 0 Å². The third kappa shape index (κ3) is 9.40. The molecule has 0 spiro atoms. The summed E-state index contributed by atoms with van der Waals surface area (Å²) in [6.07, 6.45) is 2.63. The average Bonchev–Trinajstić information content (AvgIpc) is 3.39.